The van der Waals surface area contributed by atoms with Crippen molar-refractivity contribution in [3.8, 4) is 0 Å². The summed E-state index contributed by atoms with van der Waals surface area (Å²) in [5.74, 6) is 1.73. The van der Waals surface area contributed by atoms with E-state index < -0.39 is 0 Å². The second-order valence-electron chi connectivity index (χ2n) is 2.96. The van der Waals surface area contributed by atoms with Crippen LogP contribution in [0.4, 0.5) is 0 Å². The predicted molar refractivity (Wildman–Crippen MR) is 34.5 cm³/mol. The molecule has 0 N–H and O–H groups in total. The molecule has 0 atom stereocenters. The lowest BCUT2D eigenvalue weighted by molar-refractivity contribution is 0.223. The molecule has 0 aromatic heterocycles. The summed E-state index contributed by atoms with van der Waals surface area (Å²) in [5, 5.41) is 0. The van der Waals surface area contributed by atoms with Crippen molar-refractivity contribution in [3.63, 3.8) is 0 Å². The van der Waals surface area contributed by atoms with E-state index in [1.165, 1.54) is 24.0 Å². The topological polar surface area (TPSA) is 0 Å². The number of allylic oxidation sites excluding steroid dienone is 2. The molecule has 0 aliphatic heterocycles. The minimum Gasteiger partial charge on any atom is -0.0992 e. The number of hydrogen-bond acceptors (Lipinski definition) is 0. The zero-order valence-electron chi connectivity index (χ0n) is 4.98. The van der Waals surface area contributed by atoms with Crippen LogP contribution in [0, 0.1) is 11.8 Å². The second kappa shape index (κ2) is 1.07. The second-order valence-corrected chi connectivity index (χ2v) is 2.96. The first-order valence-electron chi connectivity index (χ1n) is 3.14. The molecule has 0 aromatic rings. The van der Waals surface area contributed by atoms with Gasteiger partial charge in [0.25, 0.3) is 0 Å². The molecule has 42 valence electrons. The Hall–Kier alpha value is -0.520. The van der Waals surface area contributed by atoms with Gasteiger partial charge in [0.15, 0.2) is 0 Å². The molecule has 0 spiro atoms. The van der Waals surface area contributed by atoms with Gasteiger partial charge in [0.05, 0.1) is 0 Å². The van der Waals surface area contributed by atoms with Crippen LogP contribution in [0.15, 0.2) is 24.3 Å². The first-order chi connectivity index (χ1) is 3.79. The first kappa shape index (κ1) is 4.37. The minimum absolute atomic E-state index is 0.759. The first-order valence-corrected chi connectivity index (χ1v) is 3.14. The van der Waals surface area contributed by atoms with Gasteiger partial charge >= 0.3 is 0 Å². The van der Waals surface area contributed by atoms with E-state index in [0.717, 1.165) is 11.8 Å². The van der Waals surface area contributed by atoms with Crippen molar-refractivity contribution in [1.29, 1.82) is 0 Å². The van der Waals surface area contributed by atoms with Crippen molar-refractivity contribution in [2.45, 2.75) is 12.8 Å². The molecule has 0 radical (unpaired) electrons. The van der Waals surface area contributed by atoms with E-state index in [-0.39, 0.29) is 0 Å². The highest BCUT2D eigenvalue weighted by molar-refractivity contribution is 5.35. The maximum atomic E-state index is 3.93. The summed E-state index contributed by atoms with van der Waals surface area (Å²) in [5.41, 5.74) is 2.84. The Bertz CT molecular complexity index is 147. The van der Waals surface area contributed by atoms with Crippen LogP contribution in [0.3, 0.4) is 0 Å². The highest BCUT2D eigenvalue weighted by Crippen LogP contribution is 2.55. The van der Waals surface area contributed by atoms with Gasteiger partial charge in [-0.2, -0.15) is 0 Å². The van der Waals surface area contributed by atoms with Crippen LogP contribution < -0.4 is 0 Å². The quantitative estimate of drug-likeness (QED) is 0.415. The summed E-state index contributed by atoms with van der Waals surface area (Å²) in [4.78, 5) is 0. The Morgan fingerprint density at radius 2 is 1.62 bits per heavy atom. The Labute approximate surface area is 49.9 Å². The van der Waals surface area contributed by atoms with E-state index in [9.17, 15) is 0 Å². The zero-order valence-corrected chi connectivity index (χ0v) is 4.98. The highest BCUT2D eigenvalue weighted by atomic mass is 14.5. The molecule has 0 heterocycles. The Balaban J connectivity index is 2.19. The molecular weight excluding hydrogens is 96.1 g/mol. The number of rotatable bonds is 0. The summed E-state index contributed by atoms with van der Waals surface area (Å²) in [7, 11) is 0. The third kappa shape index (κ3) is 0.290. The minimum atomic E-state index is 0.759. The zero-order chi connectivity index (χ0) is 5.72. The summed E-state index contributed by atoms with van der Waals surface area (Å²) >= 11 is 0. The van der Waals surface area contributed by atoms with Crippen LogP contribution in [0.25, 0.3) is 0 Å². The van der Waals surface area contributed by atoms with Gasteiger partial charge in [0.2, 0.25) is 0 Å². The Kier molecular flexibility index (Phi) is 0.585. The van der Waals surface area contributed by atoms with Crippen LogP contribution in [0.5, 0.6) is 0 Å². The van der Waals surface area contributed by atoms with Gasteiger partial charge < -0.3 is 0 Å². The van der Waals surface area contributed by atoms with Gasteiger partial charge in [-0.25, -0.2) is 0 Å². The normalized spacial score (nSPS) is 42.5. The van der Waals surface area contributed by atoms with Crippen LogP contribution in [-0.4, -0.2) is 0 Å². The lowest BCUT2D eigenvalue weighted by atomic mass is 9.54. The highest BCUT2D eigenvalue weighted by Gasteiger charge is 2.44. The van der Waals surface area contributed by atoms with Crippen molar-refractivity contribution >= 4 is 0 Å². The van der Waals surface area contributed by atoms with E-state index in [0.29, 0.717) is 0 Å². The van der Waals surface area contributed by atoms with E-state index in [4.69, 9.17) is 0 Å². The third-order valence-electron chi connectivity index (χ3n) is 2.40. The van der Waals surface area contributed by atoms with Gasteiger partial charge in [-0.3, -0.25) is 0 Å². The molecule has 2 rings (SSSR count). The SMILES string of the molecule is C=C1CC2CC(=C)C12. The van der Waals surface area contributed by atoms with Crippen molar-refractivity contribution in [3.05, 3.63) is 24.3 Å². The van der Waals surface area contributed by atoms with E-state index in [1.54, 1.807) is 0 Å². The van der Waals surface area contributed by atoms with Crippen LogP contribution in [0.2, 0.25) is 0 Å². The lowest BCUT2D eigenvalue weighted by Crippen LogP contribution is -2.39. The molecule has 2 saturated carbocycles. The average Bonchev–Trinajstić information content (AvgIpc) is 1.63. The molecule has 0 nitrogen and oxygen atoms in total. The molecule has 2 aliphatic rings. The van der Waals surface area contributed by atoms with Crippen molar-refractivity contribution in [2.24, 2.45) is 11.8 Å². The standard InChI is InChI=1S/C8H10/c1-5-3-7-4-6(2)8(5)7/h7-8H,1-4H2. The van der Waals surface area contributed by atoms with E-state index in [2.05, 4.69) is 13.2 Å². The fourth-order valence-corrected chi connectivity index (χ4v) is 1.87. The smallest absolute Gasteiger partial charge is 0.00362 e. The summed E-state index contributed by atoms with van der Waals surface area (Å²) < 4.78 is 0. The lowest BCUT2D eigenvalue weighted by Gasteiger charge is -2.50. The van der Waals surface area contributed by atoms with Crippen molar-refractivity contribution < 1.29 is 0 Å². The molecule has 0 heteroatoms. The Morgan fingerprint density at radius 1 is 1.12 bits per heavy atom. The van der Waals surface area contributed by atoms with Crippen molar-refractivity contribution in [2.75, 3.05) is 0 Å². The van der Waals surface area contributed by atoms with Gasteiger partial charge in [-0.1, -0.05) is 24.3 Å². The van der Waals surface area contributed by atoms with Crippen LogP contribution in [0.1, 0.15) is 12.8 Å². The van der Waals surface area contributed by atoms with Gasteiger partial charge in [-0.15, -0.1) is 0 Å². The summed E-state index contributed by atoms with van der Waals surface area (Å²) in [6.45, 7) is 7.87. The monoisotopic (exact) mass is 106 g/mol. The fraction of sp³-hybridized carbons (Fsp3) is 0.500. The van der Waals surface area contributed by atoms with Crippen molar-refractivity contribution in [1.82, 2.24) is 0 Å². The molecule has 0 saturated heterocycles. The van der Waals surface area contributed by atoms with E-state index >= 15 is 0 Å². The predicted octanol–water partition coefficient (Wildman–Crippen LogP) is 2.14. The Morgan fingerprint density at radius 3 is 1.75 bits per heavy atom. The van der Waals surface area contributed by atoms with Crippen LogP contribution >= 0.6 is 0 Å². The molecule has 2 fully saturated rings. The maximum Gasteiger partial charge on any atom is 0.00362 e. The van der Waals surface area contributed by atoms with Gasteiger partial charge in [0.1, 0.15) is 0 Å². The van der Waals surface area contributed by atoms with Gasteiger partial charge in [-0.05, 0) is 18.8 Å². The molecule has 0 amide bonds. The maximum absolute atomic E-state index is 3.93. The summed E-state index contributed by atoms with van der Waals surface area (Å²) in [6.07, 6.45) is 2.56. The average molecular weight is 106 g/mol. The van der Waals surface area contributed by atoms with Gasteiger partial charge in [0, 0.05) is 5.92 Å². The molecule has 2 aliphatic carbocycles. The summed E-state index contributed by atoms with van der Waals surface area (Å²) in [6, 6.07) is 0. The number of fused-ring (bicyclic) bond motifs is 1. The molecule has 0 aromatic carbocycles. The fourth-order valence-electron chi connectivity index (χ4n) is 1.87. The molecule has 0 bridgehead atoms. The largest absolute Gasteiger partial charge is 0.0992 e. The molecular formula is C8H10. The molecule has 0 unspecified atom stereocenters. The van der Waals surface area contributed by atoms with Crippen LogP contribution in [-0.2, 0) is 0 Å². The van der Waals surface area contributed by atoms with E-state index in [1.807, 2.05) is 0 Å². The third-order valence-corrected chi connectivity index (χ3v) is 2.40. The number of hydrogen-bond donors (Lipinski definition) is 0. The molecule has 8 heavy (non-hydrogen) atoms.